The highest BCUT2D eigenvalue weighted by Gasteiger charge is 2.26. The van der Waals surface area contributed by atoms with E-state index < -0.39 is 0 Å². The lowest BCUT2D eigenvalue weighted by Crippen LogP contribution is -2.16. The lowest BCUT2D eigenvalue weighted by Gasteiger charge is -2.26. The van der Waals surface area contributed by atoms with Crippen molar-refractivity contribution >= 4 is 11.0 Å². The van der Waals surface area contributed by atoms with Crippen molar-refractivity contribution in [2.75, 3.05) is 0 Å². The zero-order chi connectivity index (χ0) is 16.7. The number of benzene rings is 2. The van der Waals surface area contributed by atoms with Crippen LogP contribution in [0.5, 0.6) is 0 Å². The SMILES string of the molecule is Cc1cc2nc(C3CCC3)n(Cc3ccccc3C#N)c2cc1C. The number of hydrogen-bond donors (Lipinski definition) is 0. The first-order chi connectivity index (χ1) is 11.7. The van der Waals surface area contributed by atoms with Crippen molar-refractivity contribution in [3.63, 3.8) is 0 Å². The first kappa shape index (κ1) is 15.0. The highest BCUT2D eigenvalue weighted by molar-refractivity contribution is 5.78. The van der Waals surface area contributed by atoms with Gasteiger partial charge in [0.05, 0.1) is 29.2 Å². The fraction of sp³-hybridized carbons (Fsp3) is 0.333. The standard InChI is InChI=1S/C21H21N3/c1-14-10-19-20(11-15(14)2)24(21(23-19)16-8-5-9-16)13-18-7-4-3-6-17(18)12-22/h3-4,6-7,10-11,16H,5,8-9,13H2,1-2H3. The minimum absolute atomic E-state index is 0.562. The van der Waals surface area contributed by atoms with Crippen LogP contribution in [0.3, 0.4) is 0 Å². The van der Waals surface area contributed by atoms with Crippen LogP contribution in [-0.4, -0.2) is 9.55 Å². The second-order valence-corrected chi connectivity index (χ2v) is 6.88. The molecule has 0 aliphatic heterocycles. The maximum atomic E-state index is 9.40. The smallest absolute Gasteiger partial charge is 0.113 e. The van der Waals surface area contributed by atoms with Gasteiger partial charge in [0.25, 0.3) is 0 Å². The van der Waals surface area contributed by atoms with Crippen molar-refractivity contribution in [3.8, 4) is 6.07 Å². The van der Waals surface area contributed by atoms with Crippen LogP contribution in [0.1, 0.15) is 53.3 Å². The van der Waals surface area contributed by atoms with Gasteiger partial charge in [-0.3, -0.25) is 0 Å². The van der Waals surface area contributed by atoms with Crippen LogP contribution in [0.15, 0.2) is 36.4 Å². The van der Waals surface area contributed by atoms with Gasteiger partial charge in [0.1, 0.15) is 5.82 Å². The quantitative estimate of drug-likeness (QED) is 0.694. The predicted octanol–water partition coefficient (Wildman–Crippen LogP) is 4.84. The first-order valence-electron chi connectivity index (χ1n) is 8.63. The molecule has 1 fully saturated rings. The maximum Gasteiger partial charge on any atom is 0.113 e. The third kappa shape index (κ3) is 2.39. The third-order valence-corrected chi connectivity index (χ3v) is 5.33. The van der Waals surface area contributed by atoms with E-state index in [9.17, 15) is 5.26 Å². The molecule has 4 rings (SSSR count). The molecule has 1 aliphatic rings. The minimum Gasteiger partial charge on any atom is -0.323 e. The monoisotopic (exact) mass is 315 g/mol. The molecule has 24 heavy (non-hydrogen) atoms. The van der Waals surface area contributed by atoms with Gasteiger partial charge >= 0.3 is 0 Å². The summed E-state index contributed by atoms with van der Waals surface area (Å²) in [5.41, 5.74) is 6.66. The number of nitrogens with zero attached hydrogens (tertiary/aromatic N) is 3. The Morgan fingerprint density at radius 3 is 2.62 bits per heavy atom. The highest BCUT2D eigenvalue weighted by Crippen LogP contribution is 2.38. The average Bonchev–Trinajstić information content (AvgIpc) is 2.84. The Balaban J connectivity index is 1.88. The molecular weight excluding hydrogens is 294 g/mol. The molecular formula is C21H21N3. The van der Waals surface area contributed by atoms with Gasteiger partial charge in [0.15, 0.2) is 0 Å². The topological polar surface area (TPSA) is 41.6 Å². The fourth-order valence-electron chi connectivity index (χ4n) is 3.48. The van der Waals surface area contributed by atoms with Crippen LogP contribution in [0, 0.1) is 25.2 Å². The Bertz CT molecular complexity index is 955. The van der Waals surface area contributed by atoms with Gasteiger partial charge in [-0.1, -0.05) is 24.6 Å². The van der Waals surface area contributed by atoms with Crippen molar-refractivity contribution in [2.45, 2.75) is 45.6 Å². The van der Waals surface area contributed by atoms with E-state index >= 15 is 0 Å². The van der Waals surface area contributed by atoms with E-state index in [-0.39, 0.29) is 0 Å². The number of aromatic nitrogens is 2. The van der Waals surface area contributed by atoms with E-state index in [1.165, 1.54) is 41.7 Å². The predicted molar refractivity (Wildman–Crippen MR) is 96.1 cm³/mol. The van der Waals surface area contributed by atoms with Gasteiger partial charge in [-0.05, 0) is 61.6 Å². The van der Waals surface area contributed by atoms with Gasteiger partial charge in [0, 0.05) is 5.92 Å². The van der Waals surface area contributed by atoms with E-state index in [1.54, 1.807) is 0 Å². The molecule has 120 valence electrons. The van der Waals surface area contributed by atoms with Gasteiger partial charge in [-0.2, -0.15) is 5.26 Å². The fourth-order valence-corrected chi connectivity index (χ4v) is 3.48. The molecule has 0 atom stereocenters. The number of hydrogen-bond acceptors (Lipinski definition) is 2. The Morgan fingerprint density at radius 2 is 1.92 bits per heavy atom. The molecule has 1 heterocycles. The van der Waals surface area contributed by atoms with Crippen LogP contribution >= 0.6 is 0 Å². The highest BCUT2D eigenvalue weighted by atomic mass is 15.1. The summed E-state index contributed by atoms with van der Waals surface area (Å²) >= 11 is 0. The van der Waals surface area contributed by atoms with Gasteiger partial charge in [0.2, 0.25) is 0 Å². The van der Waals surface area contributed by atoms with Crippen LogP contribution in [0.25, 0.3) is 11.0 Å². The average molecular weight is 315 g/mol. The van der Waals surface area contributed by atoms with Gasteiger partial charge in [-0.25, -0.2) is 4.98 Å². The van der Waals surface area contributed by atoms with Crippen LogP contribution in [0.4, 0.5) is 0 Å². The second kappa shape index (κ2) is 5.79. The summed E-state index contributed by atoms with van der Waals surface area (Å²) in [6.45, 7) is 5.01. The molecule has 1 aliphatic carbocycles. The maximum absolute atomic E-state index is 9.40. The number of nitriles is 1. The molecule has 3 aromatic rings. The number of imidazole rings is 1. The summed E-state index contributed by atoms with van der Waals surface area (Å²) < 4.78 is 2.34. The molecule has 3 heteroatoms. The van der Waals surface area contributed by atoms with Crippen LogP contribution in [-0.2, 0) is 6.54 Å². The summed E-state index contributed by atoms with van der Waals surface area (Å²) in [6, 6.07) is 14.6. The van der Waals surface area contributed by atoms with E-state index in [1.807, 2.05) is 18.2 Å². The van der Waals surface area contributed by atoms with E-state index in [4.69, 9.17) is 4.98 Å². The Morgan fingerprint density at radius 1 is 1.17 bits per heavy atom. The van der Waals surface area contributed by atoms with Crippen molar-refractivity contribution in [2.24, 2.45) is 0 Å². The van der Waals surface area contributed by atoms with Gasteiger partial charge < -0.3 is 4.57 Å². The van der Waals surface area contributed by atoms with E-state index in [2.05, 4.69) is 42.7 Å². The molecule has 1 aromatic heterocycles. The lowest BCUT2D eigenvalue weighted by molar-refractivity contribution is 0.392. The van der Waals surface area contributed by atoms with Crippen molar-refractivity contribution in [1.82, 2.24) is 9.55 Å². The number of fused-ring (bicyclic) bond motifs is 1. The van der Waals surface area contributed by atoms with Crippen LogP contribution in [0.2, 0.25) is 0 Å². The first-order valence-corrected chi connectivity index (χ1v) is 8.63. The summed E-state index contributed by atoms with van der Waals surface area (Å²) in [6.07, 6.45) is 3.74. The van der Waals surface area contributed by atoms with Crippen molar-refractivity contribution < 1.29 is 0 Å². The second-order valence-electron chi connectivity index (χ2n) is 6.88. The Hall–Kier alpha value is -2.60. The van der Waals surface area contributed by atoms with E-state index in [0.717, 1.165) is 16.6 Å². The summed E-state index contributed by atoms with van der Waals surface area (Å²) in [7, 11) is 0. The molecule has 0 unspecified atom stereocenters. The molecule has 3 nitrogen and oxygen atoms in total. The largest absolute Gasteiger partial charge is 0.323 e. The Kier molecular flexibility index (Phi) is 3.61. The Labute approximate surface area is 142 Å². The summed E-state index contributed by atoms with van der Waals surface area (Å²) in [5.74, 6) is 1.75. The minimum atomic E-state index is 0.562. The zero-order valence-electron chi connectivity index (χ0n) is 14.2. The molecule has 0 amide bonds. The number of rotatable bonds is 3. The summed E-state index contributed by atoms with van der Waals surface area (Å²) in [5, 5.41) is 9.40. The van der Waals surface area contributed by atoms with Crippen LogP contribution < -0.4 is 0 Å². The molecule has 0 N–H and O–H groups in total. The normalized spacial score (nSPS) is 14.5. The molecule has 2 aromatic carbocycles. The lowest BCUT2D eigenvalue weighted by atomic mass is 9.85. The zero-order valence-corrected chi connectivity index (χ0v) is 14.2. The van der Waals surface area contributed by atoms with Gasteiger partial charge in [-0.15, -0.1) is 0 Å². The van der Waals surface area contributed by atoms with E-state index in [0.29, 0.717) is 12.5 Å². The molecule has 0 radical (unpaired) electrons. The summed E-state index contributed by atoms with van der Waals surface area (Å²) in [4.78, 5) is 4.97. The molecule has 0 saturated heterocycles. The molecule has 1 saturated carbocycles. The number of aryl methyl sites for hydroxylation is 2. The van der Waals surface area contributed by atoms with Crippen molar-refractivity contribution in [3.05, 3.63) is 64.5 Å². The molecule has 0 spiro atoms. The molecule has 0 bridgehead atoms. The third-order valence-electron chi connectivity index (χ3n) is 5.33. The van der Waals surface area contributed by atoms with Crippen molar-refractivity contribution in [1.29, 1.82) is 5.26 Å².